The van der Waals surface area contributed by atoms with Gasteiger partial charge in [0.05, 0.1) is 12.9 Å². The Bertz CT molecular complexity index is 797. The largest absolute Gasteiger partial charge is 0.493 e. The Hall–Kier alpha value is -2.31. The summed E-state index contributed by atoms with van der Waals surface area (Å²) >= 11 is 0. The second kappa shape index (κ2) is 7.60. The summed E-state index contributed by atoms with van der Waals surface area (Å²) in [6, 6.07) is 1.72. The molecule has 1 aromatic rings. The van der Waals surface area contributed by atoms with Crippen LogP contribution in [-0.4, -0.2) is 47.2 Å². The topological polar surface area (TPSA) is 91.4 Å². The van der Waals surface area contributed by atoms with E-state index in [9.17, 15) is 4.79 Å². The third-order valence-corrected chi connectivity index (χ3v) is 5.46. The molecule has 1 aliphatic heterocycles. The predicted octanol–water partition coefficient (Wildman–Crippen LogP) is 3.72. The number of nitrogens with zero attached hydrogens (tertiary/aromatic N) is 2. The Labute approximate surface area is 166 Å². The zero-order valence-corrected chi connectivity index (χ0v) is 17.4. The Kier molecular flexibility index (Phi) is 5.55. The van der Waals surface area contributed by atoms with Gasteiger partial charge in [-0.25, -0.2) is 4.79 Å². The maximum atomic E-state index is 12.3. The van der Waals surface area contributed by atoms with Crippen LogP contribution < -0.4 is 10.2 Å². The van der Waals surface area contributed by atoms with Gasteiger partial charge >= 0.3 is 6.09 Å². The van der Waals surface area contributed by atoms with E-state index < -0.39 is 5.60 Å². The number of hydrogen-bond acceptors (Lipinski definition) is 5. The van der Waals surface area contributed by atoms with E-state index in [-0.39, 0.29) is 17.0 Å². The first kappa shape index (κ1) is 20.4. The third-order valence-electron chi connectivity index (χ3n) is 5.46. The molecule has 0 spiro atoms. The monoisotopic (exact) mass is 388 g/mol. The lowest BCUT2D eigenvalue weighted by molar-refractivity contribution is 0.00587. The van der Waals surface area contributed by atoms with Crippen LogP contribution in [0.3, 0.4) is 0 Å². The van der Waals surface area contributed by atoms with E-state index in [2.05, 4.69) is 6.92 Å². The molecule has 1 amide bonds. The van der Waals surface area contributed by atoms with Gasteiger partial charge in [0.2, 0.25) is 0 Å². The molecule has 28 heavy (non-hydrogen) atoms. The summed E-state index contributed by atoms with van der Waals surface area (Å²) in [5.74, 6) is 1.24. The maximum Gasteiger partial charge on any atom is 0.410 e. The summed E-state index contributed by atoms with van der Waals surface area (Å²) in [7, 11) is 0. The highest BCUT2D eigenvalue weighted by atomic mass is 16.6. The lowest BCUT2D eigenvalue weighted by Crippen LogP contribution is -2.46. The minimum atomic E-state index is -0.477. The molecule has 0 atom stereocenters. The molecule has 2 aliphatic rings. The van der Waals surface area contributed by atoms with Crippen LogP contribution in [-0.2, 0) is 4.74 Å². The lowest BCUT2D eigenvalue weighted by Gasteiger charge is -2.39. The van der Waals surface area contributed by atoms with Gasteiger partial charge in [-0.05, 0) is 52.4 Å². The Morgan fingerprint density at radius 2 is 1.96 bits per heavy atom. The highest BCUT2D eigenvalue weighted by Crippen LogP contribution is 2.44. The van der Waals surface area contributed by atoms with Gasteiger partial charge in [-0.3, -0.25) is 15.4 Å². The number of amides is 1. The Morgan fingerprint density at radius 1 is 1.32 bits per heavy atom. The van der Waals surface area contributed by atoms with Crippen molar-refractivity contribution in [2.45, 2.75) is 64.9 Å². The van der Waals surface area contributed by atoms with Gasteiger partial charge in [0.25, 0.3) is 0 Å². The number of piperidine rings is 1. The van der Waals surface area contributed by atoms with Crippen molar-refractivity contribution in [2.75, 3.05) is 19.7 Å². The van der Waals surface area contributed by atoms with Crippen LogP contribution in [0.1, 0.15) is 64.9 Å². The fraction of sp³-hybridized carbons (Fsp3) is 0.667. The number of nitrogens with one attached hydrogen (secondary N) is 2. The molecule has 0 bridgehead atoms. The fourth-order valence-corrected chi connectivity index (χ4v) is 3.45. The molecule has 0 unspecified atom stereocenters. The van der Waals surface area contributed by atoms with Crippen molar-refractivity contribution < 1.29 is 14.3 Å². The van der Waals surface area contributed by atoms with Crippen molar-refractivity contribution in [2.24, 2.45) is 5.41 Å². The first-order valence-electron chi connectivity index (χ1n) is 10.0. The van der Waals surface area contributed by atoms with Crippen LogP contribution in [0.2, 0.25) is 0 Å². The molecule has 154 valence electrons. The Balaban J connectivity index is 1.61. The fourth-order valence-electron chi connectivity index (χ4n) is 3.45. The number of aromatic nitrogens is 1. The molecule has 7 heteroatoms. The second-order valence-corrected chi connectivity index (χ2v) is 9.36. The molecule has 2 fully saturated rings. The first-order valence-corrected chi connectivity index (χ1v) is 10.0. The third kappa shape index (κ3) is 4.94. The molecular formula is C21H32N4O3. The van der Waals surface area contributed by atoms with Gasteiger partial charge in [-0.1, -0.05) is 6.92 Å². The summed E-state index contributed by atoms with van der Waals surface area (Å²) in [5, 5.41) is 15.5. The minimum Gasteiger partial charge on any atom is -0.493 e. The SMILES string of the molecule is CC1(COc2cc(=N)n(C=N)cc2C2CC2)CCN(C(=O)OC(C)(C)C)CC1. The standard InChI is InChI=1S/C21H32N4O3/c1-20(2,3)28-19(26)24-9-7-21(4,8-10-24)13-27-17-11-18(23)25(14-22)12-16(17)15-5-6-15/h11-12,14-15,22-23H,5-10,13H2,1-4H3. The van der Waals surface area contributed by atoms with Crippen molar-refractivity contribution in [3.8, 4) is 5.75 Å². The van der Waals surface area contributed by atoms with E-state index in [1.54, 1.807) is 11.0 Å². The molecule has 1 aliphatic carbocycles. The highest BCUT2D eigenvalue weighted by Gasteiger charge is 2.35. The van der Waals surface area contributed by atoms with Crippen LogP contribution >= 0.6 is 0 Å². The zero-order chi connectivity index (χ0) is 20.5. The summed E-state index contributed by atoms with van der Waals surface area (Å²) in [4.78, 5) is 14.0. The van der Waals surface area contributed by atoms with Gasteiger partial charge in [0, 0.05) is 36.3 Å². The number of rotatable bonds is 5. The van der Waals surface area contributed by atoms with Gasteiger partial charge in [-0.15, -0.1) is 0 Å². The molecule has 2 N–H and O–H groups in total. The van der Waals surface area contributed by atoms with E-state index >= 15 is 0 Å². The predicted molar refractivity (Wildman–Crippen MR) is 107 cm³/mol. The average molecular weight is 389 g/mol. The van der Waals surface area contributed by atoms with Gasteiger partial charge in [0.15, 0.2) is 0 Å². The van der Waals surface area contributed by atoms with Crippen LogP contribution in [0.25, 0.3) is 0 Å². The average Bonchev–Trinajstić information content (AvgIpc) is 3.44. The molecule has 3 rings (SSSR count). The normalized spacial score (nSPS) is 19.2. The summed E-state index contributed by atoms with van der Waals surface area (Å²) in [6.07, 6.45) is 6.74. The van der Waals surface area contributed by atoms with Crippen molar-refractivity contribution >= 4 is 12.4 Å². The smallest absolute Gasteiger partial charge is 0.410 e. The molecule has 0 aromatic carbocycles. The van der Waals surface area contributed by atoms with E-state index in [4.69, 9.17) is 20.3 Å². The van der Waals surface area contributed by atoms with Crippen molar-refractivity contribution in [3.63, 3.8) is 0 Å². The zero-order valence-electron chi connectivity index (χ0n) is 17.4. The first-order chi connectivity index (χ1) is 13.1. The van der Waals surface area contributed by atoms with Gasteiger partial charge in [0.1, 0.15) is 16.8 Å². The molecule has 1 saturated heterocycles. The molecule has 7 nitrogen and oxygen atoms in total. The van der Waals surface area contributed by atoms with Crippen molar-refractivity contribution in [1.29, 1.82) is 10.8 Å². The quantitative estimate of drug-likeness (QED) is 0.595. The number of carbonyl (C=O) groups is 1. The molecule has 0 radical (unpaired) electrons. The van der Waals surface area contributed by atoms with E-state index in [0.29, 0.717) is 25.6 Å². The van der Waals surface area contributed by atoms with Crippen molar-refractivity contribution in [1.82, 2.24) is 9.47 Å². The second-order valence-electron chi connectivity index (χ2n) is 9.36. The van der Waals surface area contributed by atoms with Crippen LogP contribution in [0.5, 0.6) is 5.75 Å². The number of hydrogen-bond donors (Lipinski definition) is 2. The van der Waals surface area contributed by atoms with Gasteiger partial charge < -0.3 is 14.4 Å². The Morgan fingerprint density at radius 3 is 2.50 bits per heavy atom. The minimum absolute atomic E-state index is 0.0190. The number of ether oxygens (including phenoxy) is 2. The molecular weight excluding hydrogens is 356 g/mol. The highest BCUT2D eigenvalue weighted by molar-refractivity contribution is 5.68. The molecule has 1 saturated carbocycles. The lowest BCUT2D eigenvalue weighted by atomic mass is 9.81. The maximum absolute atomic E-state index is 12.3. The van der Waals surface area contributed by atoms with E-state index in [0.717, 1.165) is 43.3 Å². The number of carbonyl (C=O) groups excluding carboxylic acids is 1. The molecule has 1 aromatic heterocycles. The number of likely N-dealkylation sites (tertiary alicyclic amines) is 1. The molecule has 2 heterocycles. The van der Waals surface area contributed by atoms with Crippen LogP contribution in [0.4, 0.5) is 4.79 Å². The van der Waals surface area contributed by atoms with E-state index in [1.165, 1.54) is 4.57 Å². The van der Waals surface area contributed by atoms with Crippen LogP contribution in [0.15, 0.2) is 12.3 Å². The van der Waals surface area contributed by atoms with Crippen molar-refractivity contribution in [3.05, 3.63) is 23.3 Å². The summed E-state index contributed by atoms with van der Waals surface area (Å²) in [5.41, 5.74) is 0.845. The summed E-state index contributed by atoms with van der Waals surface area (Å²) < 4.78 is 13.2. The number of pyridine rings is 1. The summed E-state index contributed by atoms with van der Waals surface area (Å²) in [6.45, 7) is 9.72. The van der Waals surface area contributed by atoms with E-state index in [1.807, 2.05) is 27.0 Å². The van der Waals surface area contributed by atoms with Gasteiger partial charge in [-0.2, -0.15) is 0 Å². The van der Waals surface area contributed by atoms with Crippen LogP contribution in [0, 0.1) is 16.2 Å².